The summed E-state index contributed by atoms with van der Waals surface area (Å²) in [5, 5.41) is 0.506. The minimum atomic E-state index is 0.344. The van der Waals surface area contributed by atoms with Gasteiger partial charge in [0.05, 0.1) is 18.2 Å². The SMILES string of the molecule is O=CCc1cc(Cl)c2c(c1)OCCCO2. The lowest BCUT2D eigenvalue weighted by Gasteiger charge is -2.10. The summed E-state index contributed by atoms with van der Waals surface area (Å²) in [6.45, 7) is 1.23. The molecule has 1 heterocycles. The van der Waals surface area contributed by atoms with Crippen LogP contribution in [0.3, 0.4) is 0 Å². The van der Waals surface area contributed by atoms with Crippen LogP contribution >= 0.6 is 11.6 Å². The Morgan fingerprint density at radius 1 is 1.33 bits per heavy atom. The van der Waals surface area contributed by atoms with E-state index >= 15 is 0 Å². The summed E-state index contributed by atoms with van der Waals surface area (Å²) in [5.41, 5.74) is 0.847. The van der Waals surface area contributed by atoms with Crippen LogP contribution in [0, 0.1) is 0 Å². The maximum atomic E-state index is 10.4. The molecule has 1 aliphatic rings. The maximum absolute atomic E-state index is 10.4. The average Bonchev–Trinajstić information content (AvgIpc) is 2.43. The fourth-order valence-electron chi connectivity index (χ4n) is 1.50. The number of carbonyl (C=O) groups excluding carboxylic acids is 1. The van der Waals surface area contributed by atoms with Crippen LogP contribution in [-0.4, -0.2) is 19.5 Å². The average molecular weight is 227 g/mol. The molecular weight excluding hydrogens is 216 g/mol. The van der Waals surface area contributed by atoms with Gasteiger partial charge >= 0.3 is 0 Å². The Labute approximate surface area is 92.9 Å². The molecule has 0 atom stereocenters. The fraction of sp³-hybridized carbons (Fsp3) is 0.364. The molecule has 0 N–H and O–H groups in total. The normalized spacial score (nSPS) is 14.5. The first-order chi connectivity index (χ1) is 7.31. The second-order valence-electron chi connectivity index (χ2n) is 3.33. The summed E-state index contributed by atoms with van der Waals surface area (Å²) >= 11 is 6.03. The van der Waals surface area contributed by atoms with Crippen LogP contribution in [0.2, 0.25) is 5.02 Å². The molecule has 4 heteroatoms. The fourth-order valence-corrected chi connectivity index (χ4v) is 1.79. The van der Waals surface area contributed by atoms with Crippen LogP contribution in [0.1, 0.15) is 12.0 Å². The second kappa shape index (κ2) is 4.53. The predicted molar refractivity (Wildman–Crippen MR) is 56.8 cm³/mol. The van der Waals surface area contributed by atoms with Crippen molar-refractivity contribution in [3.05, 3.63) is 22.7 Å². The number of hydrogen-bond donors (Lipinski definition) is 0. The van der Waals surface area contributed by atoms with E-state index in [2.05, 4.69) is 0 Å². The third-order valence-electron chi connectivity index (χ3n) is 2.18. The van der Waals surface area contributed by atoms with E-state index in [0.717, 1.165) is 18.3 Å². The van der Waals surface area contributed by atoms with Crippen molar-refractivity contribution < 1.29 is 14.3 Å². The molecule has 0 bridgehead atoms. The Balaban J connectivity index is 2.39. The predicted octanol–water partition coefficient (Wildman–Crippen LogP) is 2.24. The lowest BCUT2D eigenvalue weighted by molar-refractivity contribution is -0.107. The molecule has 1 aliphatic heterocycles. The van der Waals surface area contributed by atoms with Crippen molar-refractivity contribution in [1.29, 1.82) is 0 Å². The lowest BCUT2D eigenvalue weighted by atomic mass is 10.1. The molecule has 0 unspecified atom stereocenters. The van der Waals surface area contributed by atoms with Crippen molar-refractivity contribution in [2.75, 3.05) is 13.2 Å². The van der Waals surface area contributed by atoms with E-state index in [1.807, 2.05) is 0 Å². The van der Waals surface area contributed by atoms with E-state index in [1.54, 1.807) is 12.1 Å². The highest BCUT2D eigenvalue weighted by Gasteiger charge is 2.15. The quantitative estimate of drug-likeness (QED) is 0.726. The molecule has 0 fully saturated rings. The molecule has 0 radical (unpaired) electrons. The highest BCUT2D eigenvalue weighted by molar-refractivity contribution is 6.32. The van der Waals surface area contributed by atoms with Crippen LogP contribution in [-0.2, 0) is 11.2 Å². The summed E-state index contributed by atoms with van der Waals surface area (Å²) in [6.07, 6.45) is 2.03. The highest BCUT2D eigenvalue weighted by Crippen LogP contribution is 2.37. The van der Waals surface area contributed by atoms with Crippen LogP contribution in [0.4, 0.5) is 0 Å². The van der Waals surface area contributed by atoms with Gasteiger partial charge in [0.15, 0.2) is 11.5 Å². The molecular formula is C11H11ClO3. The summed E-state index contributed by atoms with van der Waals surface area (Å²) in [6, 6.07) is 3.55. The van der Waals surface area contributed by atoms with Crippen molar-refractivity contribution >= 4 is 17.9 Å². The van der Waals surface area contributed by atoms with Crippen LogP contribution in [0.25, 0.3) is 0 Å². The maximum Gasteiger partial charge on any atom is 0.179 e. The minimum absolute atomic E-state index is 0.344. The van der Waals surface area contributed by atoms with Crippen LogP contribution in [0.5, 0.6) is 11.5 Å². The Bertz CT molecular complexity index is 376. The molecule has 15 heavy (non-hydrogen) atoms. The van der Waals surface area contributed by atoms with Gasteiger partial charge in [-0.1, -0.05) is 11.6 Å². The van der Waals surface area contributed by atoms with Gasteiger partial charge < -0.3 is 14.3 Å². The van der Waals surface area contributed by atoms with Gasteiger partial charge in [0.25, 0.3) is 0 Å². The first-order valence-electron chi connectivity index (χ1n) is 4.83. The molecule has 0 amide bonds. The van der Waals surface area contributed by atoms with Gasteiger partial charge in [-0.2, -0.15) is 0 Å². The van der Waals surface area contributed by atoms with Crippen molar-refractivity contribution in [3.8, 4) is 11.5 Å². The number of ether oxygens (including phenoxy) is 2. The smallest absolute Gasteiger partial charge is 0.179 e. The van der Waals surface area contributed by atoms with E-state index in [0.29, 0.717) is 36.2 Å². The first kappa shape index (κ1) is 10.3. The van der Waals surface area contributed by atoms with E-state index < -0.39 is 0 Å². The molecule has 0 aromatic heterocycles. The molecule has 0 saturated heterocycles. The molecule has 2 rings (SSSR count). The van der Waals surface area contributed by atoms with Gasteiger partial charge in [0.1, 0.15) is 6.29 Å². The molecule has 0 spiro atoms. The zero-order chi connectivity index (χ0) is 10.7. The topological polar surface area (TPSA) is 35.5 Å². The van der Waals surface area contributed by atoms with E-state index in [1.165, 1.54) is 0 Å². The monoisotopic (exact) mass is 226 g/mol. The van der Waals surface area contributed by atoms with Crippen molar-refractivity contribution in [2.24, 2.45) is 0 Å². The number of rotatable bonds is 2. The highest BCUT2D eigenvalue weighted by atomic mass is 35.5. The van der Waals surface area contributed by atoms with Gasteiger partial charge in [-0.15, -0.1) is 0 Å². The van der Waals surface area contributed by atoms with Crippen LogP contribution in [0.15, 0.2) is 12.1 Å². The minimum Gasteiger partial charge on any atom is -0.489 e. The Morgan fingerprint density at radius 2 is 2.13 bits per heavy atom. The number of hydrogen-bond acceptors (Lipinski definition) is 3. The van der Waals surface area contributed by atoms with Gasteiger partial charge in [0, 0.05) is 12.8 Å². The van der Waals surface area contributed by atoms with Crippen molar-refractivity contribution in [1.82, 2.24) is 0 Å². The van der Waals surface area contributed by atoms with E-state index in [9.17, 15) is 4.79 Å². The molecule has 0 saturated carbocycles. The zero-order valence-electron chi connectivity index (χ0n) is 8.16. The van der Waals surface area contributed by atoms with Crippen LogP contribution < -0.4 is 9.47 Å². The molecule has 3 nitrogen and oxygen atoms in total. The standard InChI is InChI=1S/C11H11ClO3/c12-9-6-8(2-3-13)7-10-11(9)15-5-1-4-14-10/h3,6-7H,1-2,4-5H2. The summed E-state index contributed by atoms with van der Waals surface area (Å²) in [5.74, 6) is 1.22. The Hall–Kier alpha value is -1.22. The zero-order valence-corrected chi connectivity index (χ0v) is 8.92. The number of aldehydes is 1. The molecule has 1 aromatic carbocycles. The Morgan fingerprint density at radius 3 is 2.93 bits per heavy atom. The number of carbonyl (C=O) groups is 1. The first-order valence-corrected chi connectivity index (χ1v) is 5.20. The lowest BCUT2D eigenvalue weighted by Crippen LogP contribution is -1.97. The van der Waals surface area contributed by atoms with Crippen molar-refractivity contribution in [2.45, 2.75) is 12.8 Å². The van der Waals surface area contributed by atoms with E-state index in [-0.39, 0.29) is 0 Å². The summed E-state index contributed by atoms with van der Waals surface area (Å²) in [4.78, 5) is 10.4. The molecule has 0 aliphatic carbocycles. The number of halogens is 1. The molecule has 80 valence electrons. The number of fused-ring (bicyclic) bond motifs is 1. The summed E-state index contributed by atoms with van der Waals surface area (Å²) in [7, 11) is 0. The molecule has 1 aromatic rings. The number of benzene rings is 1. The van der Waals surface area contributed by atoms with Gasteiger partial charge in [-0.3, -0.25) is 0 Å². The van der Waals surface area contributed by atoms with Crippen molar-refractivity contribution in [3.63, 3.8) is 0 Å². The largest absolute Gasteiger partial charge is 0.489 e. The van der Waals surface area contributed by atoms with E-state index in [4.69, 9.17) is 21.1 Å². The third kappa shape index (κ3) is 2.23. The second-order valence-corrected chi connectivity index (χ2v) is 3.73. The summed E-state index contributed by atoms with van der Waals surface area (Å²) < 4.78 is 11.0. The third-order valence-corrected chi connectivity index (χ3v) is 2.46. The van der Waals surface area contributed by atoms with Gasteiger partial charge in [-0.05, 0) is 17.7 Å². The van der Waals surface area contributed by atoms with Gasteiger partial charge in [-0.25, -0.2) is 0 Å². The Kier molecular flexibility index (Phi) is 3.11. The van der Waals surface area contributed by atoms with Gasteiger partial charge in [0.2, 0.25) is 0 Å².